The molecule has 0 aliphatic carbocycles. The van der Waals surface area contributed by atoms with Crippen LogP contribution in [0.3, 0.4) is 0 Å². The van der Waals surface area contributed by atoms with Crippen molar-refractivity contribution in [3.8, 4) is 0 Å². The van der Waals surface area contributed by atoms with Crippen LogP contribution in [-0.4, -0.2) is 30.2 Å². The lowest BCUT2D eigenvalue weighted by Gasteiger charge is -2.14. The van der Waals surface area contributed by atoms with Gasteiger partial charge in [0, 0.05) is 19.0 Å². The molecule has 1 aliphatic rings. The summed E-state index contributed by atoms with van der Waals surface area (Å²) in [6.07, 6.45) is 0. The Kier molecular flexibility index (Phi) is 3.16. The van der Waals surface area contributed by atoms with Gasteiger partial charge in [0.1, 0.15) is 0 Å². The third-order valence-corrected chi connectivity index (χ3v) is 2.77. The highest BCUT2D eigenvalue weighted by atomic mass is 35.5. The van der Waals surface area contributed by atoms with Crippen LogP contribution in [0.2, 0.25) is 0 Å². The fourth-order valence-electron chi connectivity index (χ4n) is 0.728. The average molecular weight is 169 g/mol. The molecular weight excluding hydrogens is 158 g/mol. The molecule has 0 saturated carbocycles. The first kappa shape index (κ1) is 7.70. The molecule has 9 heavy (non-hydrogen) atoms. The Balaban J connectivity index is 2.22. The third kappa shape index (κ3) is 2.03. The highest BCUT2D eigenvalue weighted by molar-refractivity contribution is 7.47. The fraction of sp³-hybridized carbons (Fsp3) is 1.00. The van der Waals surface area contributed by atoms with Crippen molar-refractivity contribution < 1.29 is 4.52 Å². The highest BCUT2D eigenvalue weighted by Crippen LogP contribution is 2.36. The molecule has 1 rings (SSSR count). The van der Waals surface area contributed by atoms with Crippen molar-refractivity contribution >= 4 is 20.1 Å². The monoisotopic (exact) mass is 168 g/mol. The summed E-state index contributed by atoms with van der Waals surface area (Å²) in [6, 6.07) is 0. The topological polar surface area (TPSA) is 38.5 Å². The second kappa shape index (κ2) is 3.69. The molecule has 0 radical (unpaired) electrons. The molecule has 1 heterocycles. The molecule has 0 aromatic rings. The zero-order valence-corrected chi connectivity index (χ0v) is 6.74. The summed E-state index contributed by atoms with van der Waals surface area (Å²) in [5.41, 5.74) is 5.57. The summed E-state index contributed by atoms with van der Waals surface area (Å²) in [5.74, 6) is 0.638. The third-order valence-electron chi connectivity index (χ3n) is 1.19. The maximum absolute atomic E-state index is 5.57. The zero-order valence-electron chi connectivity index (χ0n) is 5.09. The van der Waals surface area contributed by atoms with E-state index in [-0.39, 0.29) is 0 Å². The largest absolute Gasteiger partial charge is 0.330 e. The van der Waals surface area contributed by atoms with Crippen molar-refractivity contribution in [3.05, 3.63) is 0 Å². The lowest BCUT2D eigenvalue weighted by Crippen LogP contribution is -2.19. The molecule has 0 spiro atoms. The lowest BCUT2D eigenvalue weighted by atomic mass is 10.6. The highest BCUT2D eigenvalue weighted by Gasteiger charge is 2.20. The summed E-state index contributed by atoms with van der Waals surface area (Å²) < 4.78 is 7.20. The van der Waals surface area contributed by atoms with Crippen LogP contribution < -0.4 is 5.50 Å². The molecule has 5 heteroatoms. The van der Waals surface area contributed by atoms with Gasteiger partial charge >= 0.3 is 0 Å². The second-order valence-corrected chi connectivity index (χ2v) is 3.59. The molecular formula is C4H10ClN2OP. The van der Waals surface area contributed by atoms with E-state index in [9.17, 15) is 0 Å². The van der Waals surface area contributed by atoms with Gasteiger partial charge in [-0.25, -0.2) is 4.67 Å². The zero-order chi connectivity index (χ0) is 6.69. The van der Waals surface area contributed by atoms with E-state index in [4.69, 9.17) is 21.6 Å². The summed E-state index contributed by atoms with van der Waals surface area (Å²) >= 11 is 5.50. The molecule has 3 nitrogen and oxygen atoms in total. The quantitative estimate of drug-likeness (QED) is 0.488. The molecule has 2 N–H and O–H groups in total. The van der Waals surface area contributed by atoms with Crippen molar-refractivity contribution in [1.82, 2.24) is 4.67 Å². The van der Waals surface area contributed by atoms with E-state index in [1.165, 1.54) is 0 Å². The van der Waals surface area contributed by atoms with Crippen LogP contribution in [0.15, 0.2) is 0 Å². The van der Waals surface area contributed by atoms with Gasteiger partial charge in [0.2, 0.25) is 0 Å². The van der Waals surface area contributed by atoms with E-state index in [1.54, 1.807) is 0 Å². The minimum Gasteiger partial charge on any atom is -0.330 e. The van der Waals surface area contributed by atoms with E-state index in [0.29, 0.717) is 5.88 Å². The van der Waals surface area contributed by atoms with Gasteiger partial charge < -0.3 is 4.52 Å². The van der Waals surface area contributed by atoms with Gasteiger partial charge in [0.25, 0.3) is 0 Å². The van der Waals surface area contributed by atoms with Crippen molar-refractivity contribution in [2.24, 2.45) is 5.50 Å². The van der Waals surface area contributed by atoms with E-state index in [2.05, 4.69) is 4.67 Å². The first-order valence-corrected chi connectivity index (χ1v) is 4.65. The molecule has 1 atom stereocenters. The Morgan fingerprint density at radius 1 is 1.78 bits per heavy atom. The van der Waals surface area contributed by atoms with Gasteiger partial charge in [-0.2, -0.15) is 0 Å². The van der Waals surface area contributed by atoms with Gasteiger partial charge in [-0.15, -0.1) is 11.6 Å². The van der Waals surface area contributed by atoms with Gasteiger partial charge in [0.05, 0.1) is 6.61 Å². The van der Waals surface area contributed by atoms with Crippen LogP contribution in [0.4, 0.5) is 0 Å². The normalized spacial score (nSPS) is 29.3. The SMILES string of the molecule is NP1OCCN1CCCl. The smallest absolute Gasteiger partial charge is 0.182 e. The van der Waals surface area contributed by atoms with Crippen LogP contribution in [-0.2, 0) is 4.52 Å². The summed E-state index contributed by atoms with van der Waals surface area (Å²) in [4.78, 5) is 0. The Morgan fingerprint density at radius 2 is 2.56 bits per heavy atom. The number of alkyl halides is 1. The molecule has 0 aromatic heterocycles. The van der Waals surface area contributed by atoms with Gasteiger partial charge in [-0.3, -0.25) is 5.50 Å². The first-order chi connectivity index (χ1) is 4.34. The van der Waals surface area contributed by atoms with E-state index < -0.39 is 8.45 Å². The number of halogens is 1. The summed E-state index contributed by atoms with van der Waals surface area (Å²) in [5, 5.41) is 0. The number of rotatable bonds is 2. The van der Waals surface area contributed by atoms with Crippen molar-refractivity contribution in [3.63, 3.8) is 0 Å². The van der Waals surface area contributed by atoms with Gasteiger partial charge in [-0.05, 0) is 0 Å². The predicted octanol–water partition coefficient (Wildman–Crippen LogP) is 0.743. The minimum absolute atomic E-state index is 0.638. The lowest BCUT2D eigenvalue weighted by molar-refractivity contribution is 0.392. The molecule has 0 bridgehead atoms. The second-order valence-electron chi connectivity index (χ2n) is 1.78. The van der Waals surface area contributed by atoms with Crippen molar-refractivity contribution in [2.75, 3.05) is 25.6 Å². The predicted molar refractivity (Wildman–Crippen MR) is 39.4 cm³/mol. The number of nitrogens with two attached hydrogens (primary N) is 1. The van der Waals surface area contributed by atoms with Crippen LogP contribution in [0, 0.1) is 0 Å². The Hall–Kier alpha value is 0.600. The molecule has 1 aliphatic heterocycles. The molecule has 1 fully saturated rings. The van der Waals surface area contributed by atoms with Crippen LogP contribution in [0.25, 0.3) is 0 Å². The molecule has 1 saturated heterocycles. The molecule has 54 valence electrons. The Labute approximate surface area is 61.0 Å². The average Bonchev–Trinajstić information content (AvgIpc) is 2.18. The first-order valence-electron chi connectivity index (χ1n) is 2.83. The maximum Gasteiger partial charge on any atom is 0.182 e. The maximum atomic E-state index is 5.57. The molecule has 0 amide bonds. The van der Waals surface area contributed by atoms with Crippen molar-refractivity contribution in [1.29, 1.82) is 0 Å². The molecule has 1 unspecified atom stereocenters. The molecule has 0 aromatic carbocycles. The van der Waals surface area contributed by atoms with Crippen LogP contribution >= 0.6 is 20.1 Å². The van der Waals surface area contributed by atoms with Gasteiger partial charge in [0.15, 0.2) is 8.45 Å². The Bertz CT molecular complexity index is 94.6. The van der Waals surface area contributed by atoms with Crippen LogP contribution in [0.1, 0.15) is 0 Å². The standard InChI is InChI=1S/C4H10ClN2OP/c5-1-2-7-3-4-8-9(7)6/h1-4,6H2. The van der Waals surface area contributed by atoms with Crippen molar-refractivity contribution in [2.45, 2.75) is 0 Å². The van der Waals surface area contributed by atoms with E-state index in [1.807, 2.05) is 0 Å². The van der Waals surface area contributed by atoms with E-state index in [0.717, 1.165) is 19.7 Å². The number of hydrogen-bond donors (Lipinski definition) is 1. The van der Waals surface area contributed by atoms with Crippen LogP contribution in [0.5, 0.6) is 0 Å². The van der Waals surface area contributed by atoms with Gasteiger partial charge in [-0.1, -0.05) is 0 Å². The fourth-order valence-corrected chi connectivity index (χ4v) is 2.06. The minimum atomic E-state index is -0.785. The van der Waals surface area contributed by atoms with E-state index >= 15 is 0 Å². The summed E-state index contributed by atoms with van der Waals surface area (Å²) in [7, 11) is -0.785. The number of nitrogens with zero attached hydrogens (tertiary/aromatic N) is 1. The number of hydrogen-bond acceptors (Lipinski definition) is 3. The Morgan fingerprint density at radius 3 is 3.00 bits per heavy atom. The summed E-state index contributed by atoms with van der Waals surface area (Å²) in [6.45, 7) is 2.55.